The fourth-order valence-corrected chi connectivity index (χ4v) is 4.40. The molecule has 0 atom stereocenters. The minimum atomic E-state index is -0.230. The largest absolute Gasteiger partial charge is 0.370 e. The molecule has 2 aromatic heterocycles. The highest BCUT2D eigenvalue weighted by Crippen LogP contribution is 2.28. The minimum Gasteiger partial charge on any atom is -0.370 e. The van der Waals surface area contributed by atoms with E-state index in [0.717, 1.165) is 40.9 Å². The number of pyridine rings is 1. The zero-order valence-corrected chi connectivity index (χ0v) is 19.7. The first-order valence-electron chi connectivity index (χ1n) is 11.7. The van der Waals surface area contributed by atoms with E-state index in [9.17, 15) is 9.59 Å². The molecular formula is C27H26N5O3+. The SMILES string of the molecule is CCN(CC)c1ccc(C=Cc2cc[n+](CCN3C(=O)c4ccccc4C3=O)cc2)c2nonc12. The first-order chi connectivity index (χ1) is 17.1. The summed E-state index contributed by atoms with van der Waals surface area (Å²) in [7, 11) is 0. The molecule has 35 heavy (non-hydrogen) atoms. The van der Waals surface area contributed by atoms with Crippen LogP contribution in [0.5, 0.6) is 0 Å². The lowest BCUT2D eigenvalue weighted by Gasteiger charge is -2.20. The molecule has 2 amide bonds. The Bertz CT molecular complexity index is 1390. The van der Waals surface area contributed by atoms with Crippen molar-refractivity contribution in [1.29, 1.82) is 0 Å². The highest BCUT2D eigenvalue weighted by Gasteiger charge is 2.35. The summed E-state index contributed by atoms with van der Waals surface area (Å²) in [5.41, 5.74) is 5.41. The standard InChI is InChI=1S/C27H26N5O3/c1-3-31(4-2)23-12-11-20(24-25(23)29-35-28-24)10-9-19-13-15-30(16-14-19)17-18-32-26(33)21-7-5-6-8-22(21)27(32)34/h5-16H,3-4,17-18H2,1-2H3/q+1. The van der Waals surface area contributed by atoms with Gasteiger partial charge in [0, 0.05) is 30.8 Å². The number of rotatable bonds is 8. The fourth-order valence-electron chi connectivity index (χ4n) is 4.40. The molecular weight excluding hydrogens is 442 g/mol. The highest BCUT2D eigenvalue weighted by molar-refractivity contribution is 6.21. The predicted octanol–water partition coefficient (Wildman–Crippen LogP) is 3.82. The average molecular weight is 469 g/mol. The number of nitrogens with zero attached hydrogens (tertiary/aromatic N) is 5. The highest BCUT2D eigenvalue weighted by atomic mass is 16.6. The van der Waals surface area contributed by atoms with Gasteiger partial charge in [-0.2, -0.15) is 0 Å². The van der Waals surface area contributed by atoms with Gasteiger partial charge in [0.05, 0.1) is 23.4 Å². The number of hydrogen-bond acceptors (Lipinski definition) is 6. The number of carbonyl (C=O) groups is 2. The van der Waals surface area contributed by atoms with Gasteiger partial charge >= 0.3 is 0 Å². The van der Waals surface area contributed by atoms with Crippen LogP contribution in [0.3, 0.4) is 0 Å². The van der Waals surface area contributed by atoms with Crippen molar-refractivity contribution in [2.24, 2.45) is 0 Å². The van der Waals surface area contributed by atoms with Crippen LogP contribution in [0, 0.1) is 0 Å². The summed E-state index contributed by atoms with van der Waals surface area (Å²) < 4.78 is 7.00. The van der Waals surface area contributed by atoms with E-state index >= 15 is 0 Å². The second kappa shape index (κ2) is 9.50. The second-order valence-electron chi connectivity index (χ2n) is 8.32. The van der Waals surface area contributed by atoms with Gasteiger partial charge in [-0.25, -0.2) is 9.20 Å². The molecule has 0 radical (unpaired) electrons. The molecule has 8 heteroatoms. The van der Waals surface area contributed by atoms with Crippen LogP contribution in [0.2, 0.25) is 0 Å². The van der Waals surface area contributed by atoms with E-state index in [2.05, 4.69) is 35.1 Å². The van der Waals surface area contributed by atoms with Crippen molar-refractivity contribution in [1.82, 2.24) is 15.2 Å². The van der Waals surface area contributed by atoms with Crippen LogP contribution in [0.1, 0.15) is 45.7 Å². The topological polar surface area (TPSA) is 83.4 Å². The minimum absolute atomic E-state index is 0.230. The van der Waals surface area contributed by atoms with Gasteiger partial charge < -0.3 is 4.90 Å². The van der Waals surface area contributed by atoms with Crippen molar-refractivity contribution < 1.29 is 18.8 Å². The Morgan fingerprint density at radius 2 is 1.54 bits per heavy atom. The summed E-state index contributed by atoms with van der Waals surface area (Å²) in [5.74, 6) is -0.460. The van der Waals surface area contributed by atoms with Crippen molar-refractivity contribution in [3.05, 3.63) is 83.2 Å². The van der Waals surface area contributed by atoms with Gasteiger partial charge in [-0.15, -0.1) is 0 Å². The maximum Gasteiger partial charge on any atom is 0.261 e. The molecule has 0 bridgehead atoms. The third-order valence-electron chi connectivity index (χ3n) is 6.36. The van der Waals surface area contributed by atoms with Gasteiger partial charge in [0.15, 0.2) is 24.5 Å². The summed E-state index contributed by atoms with van der Waals surface area (Å²) >= 11 is 0. The Balaban J connectivity index is 1.26. The Morgan fingerprint density at radius 3 is 2.20 bits per heavy atom. The third-order valence-corrected chi connectivity index (χ3v) is 6.36. The number of benzene rings is 2. The molecule has 0 unspecified atom stereocenters. The average Bonchev–Trinajstić information content (AvgIpc) is 3.48. The van der Waals surface area contributed by atoms with E-state index in [1.54, 1.807) is 24.3 Å². The quantitative estimate of drug-likeness (QED) is 0.289. The third kappa shape index (κ3) is 4.19. The van der Waals surface area contributed by atoms with Crippen LogP contribution in [-0.2, 0) is 6.54 Å². The van der Waals surface area contributed by atoms with E-state index in [1.807, 2.05) is 47.3 Å². The second-order valence-corrected chi connectivity index (χ2v) is 8.32. The number of hydrogen-bond donors (Lipinski definition) is 0. The van der Waals surface area contributed by atoms with Gasteiger partial charge in [0.25, 0.3) is 11.8 Å². The van der Waals surface area contributed by atoms with Gasteiger partial charge in [-0.05, 0) is 47.9 Å². The summed E-state index contributed by atoms with van der Waals surface area (Å²) in [4.78, 5) is 28.6. The van der Waals surface area contributed by atoms with E-state index in [0.29, 0.717) is 24.2 Å². The Labute approximate surface area is 203 Å². The van der Waals surface area contributed by atoms with Crippen LogP contribution in [0.4, 0.5) is 5.69 Å². The summed E-state index contributed by atoms with van der Waals surface area (Å²) in [5, 5.41) is 8.24. The van der Waals surface area contributed by atoms with Gasteiger partial charge in [0.2, 0.25) is 0 Å². The van der Waals surface area contributed by atoms with Gasteiger partial charge in [-0.3, -0.25) is 14.5 Å². The van der Waals surface area contributed by atoms with Crippen molar-refractivity contribution in [2.75, 3.05) is 24.5 Å². The molecule has 2 aromatic carbocycles. The molecule has 0 N–H and O–H groups in total. The van der Waals surface area contributed by atoms with Crippen LogP contribution in [0.15, 0.2) is 65.6 Å². The van der Waals surface area contributed by atoms with Crippen molar-refractivity contribution in [3.63, 3.8) is 0 Å². The molecule has 0 fully saturated rings. The molecule has 1 aliphatic rings. The van der Waals surface area contributed by atoms with Crippen LogP contribution in [-0.4, -0.2) is 46.7 Å². The maximum absolute atomic E-state index is 12.5. The Kier molecular flexibility index (Phi) is 6.10. The summed E-state index contributed by atoms with van der Waals surface area (Å²) in [6.45, 7) is 6.82. The number of amides is 2. The molecule has 0 saturated carbocycles. The maximum atomic E-state index is 12.5. The van der Waals surface area contributed by atoms with Gasteiger partial charge in [0.1, 0.15) is 5.52 Å². The van der Waals surface area contributed by atoms with Crippen LogP contribution >= 0.6 is 0 Å². The number of fused-ring (bicyclic) bond motifs is 2. The first kappa shape index (κ1) is 22.5. The molecule has 176 valence electrons. The Hall–Kier alpha value is -4.33. The molecule has 5 rings (SSSR count). The zero-order valence-electron chi connectivity index (χ0n) is 19.7. The van der Waals surface area contributed by atoms with E-state index in [4.69, 9.17) is 4.63 Å². The van der Waals surface area contributed by atoms with Crippen LogP contribution < -0.4 is 9.47 Å². The van der Waals surface area contributed by atoms with Crippen molar-refractivity contribution in [2.45, 2.75) is 20.4 Å². The monoisotopic (exact) mass is 468 g/mol. The van der Waals surface area contributed by atoms with E-state index < -0.39 is 0 Å². The fraction of sp³-hybridized carbons (Fsp3) is 0.222. The molecule has 0 spiro atoms. The van der Waals surface area contributed by atoms with E-state index in [-0.39, 0.29) is 11.8 Å². The number of aromatic nitrogens is 3. The number of anilines is 1. The lowest BCUT2D eigenvalue weighted by molar-refractivity contribution is -0.695. The van der Waals surface area contributed by atoms with E-state index in [1.165, 1.54) is 4.90 Å². The molecule has 0 aliphatic carbocycles. The lowest BCUT2D eigenvalue weighted by atomic mass is 10.1. The number of carbonyl (C=O) groups excluding carboxylic acids is 2. The Morgan fingerprint density at radius 1 is 0.886 bits per heavy atom. The predicted molar refractivity (Wildman–Crippen MR) is 133 cm³/mol. The normalized spacial score (nSPS) is 13.3. The molecule has 1 aliphatic heterocycles. The van der Waals surface area contributed by atoms with Gasteiger partial charge in [-0.1, -0.05) is 30.4 Å². The molecule has 3 heterocycles. The molecule has 8 nitrogen and oxygen atoms in total. The summed E-state index contributed by atoms with van der Waals surface area (Å²) in [6.07, 6.45) is 7.88. The molecule has 0 saturated heterocycles. The smallest absolute Gasteiger partial charge is 0.261 e. The first-order valence-corrected chi connectivity index (χ1v) is 11.7. The molecule has 4 aromatic rings. The summed E-state index contributed by atoms with van der Waals surface area (Å²) in [6, 6.07) is 15.0. The van der Waals surface area contributed by atoms with Crippen molar-refractivity contribution >= 4 is 40.7 Å². The number of imide groups is 1. The lowest BCUT2D eigenvalue weighted by Crippen LogP contribution is -2.42. The zero-order chi connectivity index (χ0) is 24.4. The van der Waals surface area contributed by atoms with Crippen molar-refractivity contribution in [3.8, 4) is 0 Å². The van der Waals surface area contributed by atoms with Crippen LogP contribution in [0.25, 0.3) is 23.2 Å².